The molecule has 2 aromatic carbocycles. The number of aromatic amines is 1. The number of aromatic nitrogens is 3. The molecule has 3 heterocycles. The van der Waals surface area contributed by atoms with Crippen molar-refractivity contribution in [2.45, 2.75) is 38.2 Å². The van der Waals surface area contributed by atoms with E-state index in [1.165, 1.54) is 24.4 Å². The largest absolute Gasteiger partial charge is 0.450 e. The third-order valence-electron chi connectivity index (χ3n) is 6.46. The third-order valence-corrected chi connectivity index (χ3v) is 6.46. The number of rotatable bonds is 6. The molecule has 7 nitrogen and oxygen atoms in total. The van der Waals surface area contributed by atoms with Crippen molar-refractivity contribution < 1.29 is 18.0 Å². The van der Waals surface area contributed by atoms with Gasteiger partial charge in [-0.05, 0) is 62.6 Å². The van der Waals surface area contributed by atoms with Crippen LogP contribution in [0.5, 0.6) is 0 Å². The Morgan fingerprint density at radius 1 is 1.17 bits per heavy atom. The lowest BCUT2D eigenvalue weighted by molar-refractivity contribution is 0.360. The number of halogens is 2. The van der Waals surface area contributed by atoms with Crippen LogP contribution in [0.4, 0.5) is 8.78 Å². The molecule has 2 aromatic heterocycles. The van der Waals surface area contributed by atoms with Crippen molar-refractivity contribution in [1.29, 1.82) is 5.41 Å². The van der Waals surface area contributed by atoms with Crippen LogP contribution in [-0.4, -0.2) is 27.2 Å². The topological polar surface area (TPSA) is 103 Å². The highest BCUT2D eigenvalue weighted by Crippen LogP contribution is 2.52. The van der Waals surface area contributed by atoms with Crippen LogP contribution in [0.2, 0.25) is 0 Å². The quantitative estimate of drug-likeness (QED) is 0.272. The molecule has 4 aromatic rings. The molecule has 1 atom stereocenters. The maximum absolute atomic E-state index is 15.2. The minimum absolute atomic E-state index is 0.133. The smallest absolute Gasteiger partial charge is 0.245 e. The van der Waals surface area contributed by atoms with Crippen molar-refractivity contribution in [3.05, 3.63) is 82.6 Å². The minimum atomic E-state index is -1.40. The fraction of sp³-hybridized carbons (Fsp3) is 0.231. The Bertz CT molecular complexity index is 1540. The minimum Gasteiger partial charge on any atom is -0.450 e. The lowest BCUT2D eigenvalue weighted by Crippen LogP contribution is -2.16. The van der Waals surface area contributed by atoms with Gasteiger partial charge in [-0.25, -0.2) is 18.8 Å². The maximum Gasteiger partial charge on any atom is 0.245 e. The highest BCUT2D eigenvalue weighted by atomic mass is 19.1. The zero-order chi connectivity index (χ0) is 24.3. The molecule has 1 saturated carbocycles. The average molecular weight is 473 g/mol. The summed E-state index contributed by atoms with van der Waals surface area (Å²) in [5.74, 6) is 0.676. The van der Waals surface area contributed by atoms with E-state index >= 15 is 4.39 Å². The predicted octanol–water partition coefficient (Wildman–Crippen LogP) is 5.83. The first-order valence-corrected chi connectivity index (χ1v) is 11.3. The average Bonchev–Trinajstić information content (AvgIpc) is 3.72. The number of nitrogens with zero attached hydrogens (tertiary/aromatic N) is 3. The second kappa shape index (κ2) is 7.69. The van der Waals surface area contributed by atoms with E-state index in [1.54, 1.807) is 0 Å². The number of fused-ring (bicyclic) bond motifs is 1. The number of hydrogen-bond donors (Lipinski definition) is 2. The summed E-state index contributed by atoms with van der Waals surface area (Å²) in [5.41, 5.74) is 3.08. The Kier molecular flexibility index (Phi) is 4.70. The van der Waals surface area contributed by atoms with Crippen LogP contribution in [-0.2, 0) is 10.3 Å². The van der Waals surface area contributed by atoms with Crippen LogP contribution in [0.15, 0.2) is 52.1 Å². The van der Waals surface area contributed by atoms with Crippen LogP contribution in [0.1, 0.15) is 47.2 Å². The van der Waals surface area contributed by atoms with Gasteiger partial charge in [-0.2, -0.15) is 0 Å². The standard InChI is InChI=1S/C26H21F2N5O2/c1-13-22(14(2)35-33-13)16-10-19(23-21(11-16)31-24(32-23)15-4-5-15)26(25(34-26)30-9-3-8-29)18-7-6-17(27)12-20(18)28/h3,6-12,15,29H,4-5H2,1-2H3,(H,31,32). The predicted molar refractivity (Wildman–Crippen MR) is 127 cm³/mol. The maximum atomic E-state index is 15.2. The van der Waals surface area contributed by atoms with Crippen molar-refractivity contribution in [1.82, 2.24) is 15.1 Å². The van der Waals surface area contributed by atoms with Gasteiger partial charge < -0.3 is 19.7 Å². The first-order chi connectivity index (χ1) is 16.9. The van der Waals surface area contributed by atoms with E-state index in [4.69, 9.17) is 19.7 Å². The summed E-state index contributed by atoms with van der Waals surface area (Å²) in [6.45, 7) is 3.69. The molecule has 0 radical (unpaired) electrons. The molecule has 9 heteroatoms. The molecule has 1 aliphatic heterocycles. The van der Waals surface area contributed by atoms with Crippen molar-refractivity contribution in [3.63, 3.8) is 0 Å². The van der Waals surface area contributed by atoms with Crippen LogP contribution < -0.4 is 0 Å². The number of aliphatic imine (C=N–C) groups is 1. The van der Waals surface area contributed by atoms with Crippen molar-refractivity contribution in [2.24, 2.45) is 4.99 Å². The van der Waals surface area contributed by atoms with E-state index in [9.17, 15) is 4.39 Å². The molecule has 0 amide bonds. The Labute approximate surface area is 199 Å². The molecule has 0 bridgehead atoms. The molecule has 0 spiro atoms. The normalized spacial score (nSPS) is 20.6. The molecular weight excluding hydrogens is 452 g/mol. The lowest BCUT2D eigenvalue weighted by Gasteiger charge is -2.14. The summed E-state index contributed by atoms with van der Waals surface area (Å²) >= 11 is 0. The molecular formula is C26H21F2N5O2. The van der Waals surface area contributed by atoms with Gasteiger partial charge in [0.05, 0.1) is 16.7 Å². The van der Waals surface area contributed by atoms with Gasteiger partial charge in [0.15, 0.2) is 0 Å². The monoisotopic (exact) mass is 473 g/mol. The van der Waals surface area contributed by atoms with E-state index in [2.05, 4.69) is 15.1 Å². The number of nitrogens with one attached hydrogen (secondary N) is 2. The lowest BCUT2D eigenvalue weighted by atomic mass is 9.87. The van der Waals surface area contributed by atoms with Gasteiger partial charge >= 0.3 is 0 Å². The second-order valence-corrected chi connectivity index (χ2v) is 8.87. The van der Waals surface area contributed by atoms with Gasteiger partial charge in [0, 0.05) is 41.1 Å². The second-order valence-electron chi connectivity index (χ2n) is 8.87. The Hall–Kier alpha value is -4.14. The zero-order valence-electron chi connectivity index (χ0n) is 19.0. The summed E-state index contributed by atoms with van der Waals surface area (Å²) in [5, 5.41) is 11.3. The van der Waals surface area contributed by atoms with E-state index in [0.29, 0.717) is 22.8 Å². The number of benzene rings is 2. The number of aryl methyl sites for hydroxylation is 2. The van der Waals surface area contributed by atoms with Gasteiger partial charge in [0.25, 0.3) is 0 Å². The number of H-pyrrole nitrogens is 1. The summed E-state index contributed by atoms with van der Waals surface area (Å²) in [7, 11) is 0. The molecule has 176 valence electrons. The number of allylic oxidation sites excluding steroid dienone is 1. The van der Waals surface area contributed by atoms with Crippen molar-refractivity contribution in [2.75, 3.05) is 0 Å². The highest BCUT2D eigenvalue weighted by molar-refractivity contribution is 6.07. The van der Waals surface area contributed by atoms with Gasteiger partial charge in [-0.15, -0.1) is 0 Å². The van der Waals surface area contributed by atoms with Crippen molar-refractivity contribution >= 4 is 23.1 Å². The van der Waals surface area contributed by atoms with Gasteiger partial charge in [-0.3, -0.25) is 0 Å². The fourth-order valence-electron chi connectivity index (χ4n) is 4.65. The first kappa shape index (κ1) is 21.4. The first-order valence-electron chi connectivity index (χ1n) is 11.3. The van der Waals surface area contributed by atoms with E-state index in [1.807, 2.05) is 26.0 Å². The summed E-state index contributed by atoms with van der Waals surface area (Å²) in [6.07, 6.45) is 6.03. The number of epoxide rings is 1. The molecule has 2 fully saturated rings. The summed E-state index contributed by atoms with van der Waals surface area (Å²) < 4.78 is 40.4. The van der Waals surface area contributed by atoms with E-state index < -0.39 is 17.2 Å². The summed E-state index contributed by atoms with van der Waals surface area (Å²) in [4.78, 5) is 12.6. The molecule has 2 N–H and O–H groups in total. The third kappa shape index (κ3) is 3.38. The molecule has 2 aliphatic rings. The Balaban J connectivity index is 1.65. The van der Waals surface area contributed by atoms with Gasteiger partial charge in [0.1, 0.15) is 23.2 Å². The van der Waals surface area contributed by atoms with Gasteiger partial charge in [-0.1, -0.05) is 5.16 Å². The van der Waals surface area contributed by atoms with Crippen LogP contribution in [0.3, 0.4) is 0 Å². The molecule has 6 rings (SSSR count). The molecule has 1 saturated heterocycles. The number of imidazole rings is 1. The van der Waals surface area contributed by atoms with Crippen LogP contribution in [0, 0.1) is 30.9 Å². The number of hydrogen-bond acceptors (Lipinski definition) is 6. The van der Waals surface area contributed by atoms with E-state index in [-0.39, 0.29) is 11.5 Å². The van der Waals surface area contributed by atoms with Crippen molar-refractivity contribution in [3.8, 4) is 11.1 Å². The molecule has 1 unspecified atom stereocenters. The highest BCUT2D eigenvalue weighted by Gasteiger charge is 2.61. The molecule has 1 aliphatic carbocycles. The molecule has 35 heavy (non-hydrogen) atoms. The van der Waals surface area contributed by atoms with Crippen LogP contribution >= 0.6 is 0 Å². The Morgan fingerprint density at radius 2 is 2.00 bits per heavy atom. The van der Waals surface area contributed by atoms with E-state index in [0.717, 1.165) is 53.3 Å². The van der Waals surface area contributed by atoms with Gasteiger partial charge in [0.2, 0.25) is 11.5 Å². The fourth-order valence-corrected chi connectivity index (χ4v) is 4.65. The number of ether oxygens (including phenoxy) is 1. The zero-order valence-corrected chi connectivity index (χ0v) is 19.0. The SMILES string of the molecule is Cc1noc(C)c1-c1cc(C2(c3ccc(F)cc3F)OC2=NC=CC=N)c2nc(C3CC3)[nH]c2c1. The van der Waals surface area contributed by atoms with Crippen LogP contribution in [0.25, 0.3) is 22.2 Å². The Morgan fingerprint density at radius 3 is 2.69 bits per heavy atom. The summed E-state index contributed by atoms with van der Waals surface area (Å²) in [6, 6.07) is 7.27.